The fraction of sp³-hybridized carbons (Fsp3) is 0.905. The van der Waals surface area contributed by atoms with Crippen molar-refractivity contribution in [3.8, 4) is 0 Å². The number of aliphatic hydroxyl groups excluding tert-OH is 10. The number of ether oxygens (including phenoxy) is 5. The Morgan fingerprint density at radius 1 is 0.831 bits per heavy atom. The van der Waals surface area contributed by atoms with Gasteiger partial charge in [-0.1, -0.05) is 32.4 Å². The lowest BCUT2D eigenvalue weighted by molar-refractivity contribution is -0.334. The van der Waals surface area contributed by atoms with E-state index in [0.29, 0.717) is 19.3 Å². The molecule has 10 N–H and O–H groups in total. The molecule has 4 aliphatic carbocycles. The van der Waals surface area contributed by atoms with Crippen LogP contribution in [0.15, 0.2) is 11.6 Å². The first-order valence-corrected chi connectivity index (χ1v) is 21.3. The van der Waals surface area contributed by atoms with Crippen LogP contribution in [0.2, 0.25) is 0 Å². The summed E-state index contributed by atoms with van der Waals surface area (Å²) in [7, 11) is 0. The predicted molar refractivity (Wildman–Crippen MR) is 202 cm³/mol. The third-order valence-corrected chi connectivity index (χ3v) is 16.9. The average molecular weight is 843 g/mol. The maximum absolute atomic E-state index is 14.2. The molecule has 0 bridgehead atoms. The largest absolute Gasteiger partial charge is 0.459 e. The van der Waals surface area contributed by atoms with Gasteiger partial charge in [0.15, 0.2) is 6.29 Å². The molecule has 0 aromatic rings. The summed E-state index contributed by atoms with van der Waals surface area (Å²) < 4.78 is 28.5. The Balaban J connectivity index is 1.07. The highest BCUT2D eigenvalue weighted by molar-refractivity contribution is 5.78. The van der Waals surface area contributed by atoms with Crippen molar-refractivity contribution in [2.24, 2.45) is 45.3 Å². The summed E-state index contributed by atoms with van der Waals surface area (Å²) in [5.74, 6) is -2.11. The standard InChI is InChI=1S/C42H66O17/c1-38(2,59-36-32(51)30(49)28(47)24(17-44)57-36)33(52)22-15-18(34(53)55-22)19-9-13-41(5)21-7-8-25-39(3,20(21)10-14-40(19,41)4)12-11-26(45)42(25,6)37(54)58-35-31(50)29(48)27(46)23(16-43)56-35/h7,18-20,22-33,35-36,43-52H,8-17H2,1-6H3/t18-,19-,20-,22?,23+,24+,25+,26+,27+,28+,29-,30-,31+,32+,33-,35-,36-,39+,40-,41+,42+/m0/s1. The number of hydrogen-bond acceptors (Lipinski definition) is 17. The number of aliphatic hydroxyl groups is 10. The highest BCUT2D eigenvalue weighted by atomic mass is 16.7. The second-order valence-corrected chi connectivity index (χ2v) is 20.1. The van der Waals surface area contributed by atoms with Crippen LogP contribution in [0.5, 0.6) is 0 Å². The molecule has 3 heterocycles. The van der Waals surface area contributed by atoms with E-state index in [1.807, 2.05) is 0 Å². The first kappa shape index (κ1) is 45.2. The molecular weight excluding hydrogens is 776 g/mol. The number of hydrogen-bond donors (Lipinski definition) is 10. The number of cyclic esters (lactones) is 1. The van der Waals surface area contributed by atoms with Crippen molar-refractivity contribution in [2.75, 3.05) is 13.2 Å². The van der Waals surface area contributed by atoms with Gasteiger partial charge in [-0.3, -0.25) is 9.59 Å². The molecule has 336 valence electrons. The minimum absolute atomic E-state index is 0.0513. The van der Waals surface area contributed by atoms with Crippen molar-refractivity contribution in [3.05, 3.63) is 11.6 Å². The van der Waals surface area contributed by atoms with Crippen LogP contribution in [-0.2, 0) is 33.3 Å². The van der Waals surface area contributed by atoms with Crippen LogP contribution in [0.3, 0.4) is 0 Å². The first-order chi connectivity index (χ1) is 27.5. The van der Waals surface area contributed by atoms with E-state index >= 15 is 0 Å². The van der Waals surface area contributed by atoms with Crippen molar-refractivity contribution in [3.63, 3.8) is 0 Å². The van der Waals surface area contributed by atoms with Gasteiger partial charge >= 0.3 is 11.9 Å². The van der Waals surface area contributed by atoms with Crippen molar-refractivity contribution < 1.29 is 84.3 Å². The van der Waals surface area contributed by atoms with Crippen LogP contribution in [0.25, 0.3) is 0 Å². The highest BCUT2D eigenvalue weighted by Gasteiger charge is 2.69. The van der Waals surface area contributed by atoms with E-state index in [4.69, 9.17) is 23.7 Å². The fourth-order valence-electron chi connectivity index (χ4n) is 12.9. The van der Waals surface area contributed by atoms with Gasteiger partial charge < -0.3 is 74.7 Å². The zero-order valence-corrected chi connectivity index (χ0v) is 34.8. The van der Waals surface area contributed by atoms with Crippen LogP contribution in [0.1, 0.15) is 92.9 Å². The summed E-state index contributed by atoms with van der Waals surface area (Å²) in [5.41, 5.74) is -2.68. The van der Waals surface area contributed by atoms with Gasteiger partial charge in [-0.25, -0.2) is 0 Å². The summed E-state index contributed by atoms with van der Waals surface area (Å²) in [6.07, 6.45) is -12.1. The molecule has 0 radical (unpaired) electrons. The van der Waals surface area contributed by atoms with Crippen molar-refractivity contribution >= 4 is 11.9 Å². The summed E-state index contributed by atoms with van der Waals surface area (Å²) >= 11 is 0. The van der Waals surface area contributed by atoms with Crippen LogP contribution < -0.4 is 0 Å². The third kappa shape index (κ3) is 6.84. The molecule has 3 saturated carbocycles. The number of fused-ring (bicyclic) bond motifs is 5. The number of rotatable bonds is 9. The van der Waals surface area contributed by atoms with Gasteiger partial charge in [0.1, 0.15) is 61.0 Å². The highest BCUT2D eigenvalue weighted by Crippen LogP contribution is 2.74. The maximum atomic E-state index is 14.2. The molecule has 0 aromatic heterocycles. The molecule has 1 unspecified atom stereocenters. The number of esters is 2. The Bertz CT molecular complexity index is 1620. The van der Waals surface area contributed by atoms with E-state index in [1.54, 1.807) is 20.8 Å². The summed E-state index contributed by atoms with van der Waals surface area (Å²) in [4.78, 5) is 28.0. The molecule has 6 fully saturated rings. The Kier molecular flexibility index (Phi) is 12.1. The SMILES string of the molecule is CC(C)(O[C@@H]1O[C@H](CO)[C@@H](O)[C@H](O)[C@H]1O)[C@@H](O)C1C[C@@H]([C@@H]2CC[C@]3(C)C4=CC[C@@H]5[C@](C)(CC[C@@H](O)[C@]5(C)C(=O)O[C@@H]5O[C@H](CO)[C@@H](O)[C@H](O)[C@H]5O)[C@H]4CC[C@@]23C)C(=O)O1. The summed E-state index contributed by atoms with van der Waals surface area (Å²) in [6, 6.07) is 0. The van der Waals surface area contributed by atoms with E-state index < -0.39 is 127 Å². The Morgan fingerprint density at radius 2 is 1.42 bits per heavy atom. The maximum Gasteiger partial charge on any atom is 0.317 e. The molecule has 17 heteroatoms. The van der Waals surface area contributed by atoms with Crippen LogP contribution in [-0.4, -0.2) is 162 Å². The first-order valence-electron chi connectivity index (χ1n) is 21.3. The summed E-state index contributed by atoms with van der Waals surface area (Å²) in [5, 5.41) is 105. The van der Waals surface area contributed by atoms with Crippen LogP contribution in [0, 0.1) is 45.3 Å². The molecule has 3 saturated heterocycles. The lowest BCUT2D eigenvalue weighted by atomic mass is 9.40. The minimum Gasteiger partial charge on any atom is -0.459 e. The van der Waals surface area contributed by atoms with Crippen molar-refractivity contribution in [1.29, 1.82) is 0 Å². The quantitative estimate of drug-likeness (QED) is 0.100. The van der Waals surface area contributed by atoms with Crippen molar-refractivity contribution in [2.45, 2.75) is 178 Å². The molecule has 7 aliphatic rings. The van der Waals surface area contributed by atoms with Crippen molar-refractivity contribution in [1.82, 2.24) is 0 Å². The van der Waals surface area contributed by atoms with Gasteiger partial charge in [-0.2, -0.15) is 0 Å². The van der Waals surface area contributed by atoms with Crippen LogP contribution >= 0.6 is 0 Å². The van der Waals surface area contributed by atoms with E-state index in [-0.39, 0.29) is 35.0 Å². The van der Waals surface area contributed by atoms with Gasteiger partial charge in [0.25, 0.3) is 0 Å². The predicted octanol–water partition coefficient (Wildman–Crippen LogP) is -0.837. The molecule has 7 rings (SSSR count). The third-order valence-electron chi connectivity index (χ3n) is 16.9. The molecule has 17 nitrogen and oxygen atoms in total. The zero-order chi connectivity index (χ0) is 43.4. The molecule has 21 atom stereocenters. The monoisotopic (exact) mass is 842 g/mol. The molecule has 0 aromatic carbocycles. The Morgan fingerprint density at radius 3 is 2.03 bits per heavy atom. The normalized spacial score (nSPS) is 51.8. The molecule has 0 amide bonds. The fourth-order valence-corrected chi connectivity index (χ4v) is 12.9. The average Bonchev–Trinajstić information content (AvgIpc) is 3.71. The number of allylic oxidation sites excluding steroid dienone is 2. The van der Waals surface area contributed by atoms with Gasteiger partial charge in [0, 0.05) is 6.42 Å². The molecule has 59 heavy (non-hydrogen) atoms. The molecular formula is C42H66O17. The topological polar surface area (TPSA) is 283 Å². The molecule has 3 aliphatic heterocycles. The van der Waals surface area contributed by atoms with E-state index in [0.717, 1.165) is 25.7 Å². The second kappa shape index (κ2) is 15.7. The minimum atomic E-state index is -1.77. The smallest absolute Gasteiger partial charge is 0.317 e. The molecule has 0 spiro atoms. The van der Waals surface area contributed by atoms with E-state index in [9.17, 15) is 60.7 Å². The van der Waals surface area contributed by atoms with Crippen LogP contribution in [0.4, 0.5) is 0 Å². The van der Waals surface area contributed by atoms with Gasteiger partial charge in [-0.15, -0.1) is 0 Å². The van der Waals surface area contributed by atoms with Gasteiger partial charge in [-0.05, 0) is 99.7 Å². The lowest BCUT2D eigenvalue weighted by Gasteiger charge is -2.64. The number of carbonyl (C=O) groups excluding carboxylic acids is 2. The second-order valence-electron chi connectivity index (χ2n) is 20.1. The lowest BCUT2D eigenvalue weighted by Crippen LogP contribution is -2.63. The Hall–Kier alpha value is -1.84. The Labute approximate surface area is 344 Å². The van der Waals surface area contributed by atoms with E-state index in [1.165, 1.54) is 5.57 Å². The number of carbonyl (C=O) groups is 2. The zero-order valence-electron chi connectivity index (χ0n) is 34.8. The summed E-state index contributed by atoms with van der Waals surface area (Å²) in [6.45, 7) is 10.1. The van der Waals surface area contributed by atoms with E-state index in [2.05, 4.69) is 26.8 Å². The van der Waals surface area contributed by atoms with Gasteiger partial charge in [0.05, 0.1) is 36.3 Å². The van der Waals surface area contributed by atoms with Gasteiger partial charge in [0.2, 0.25) is 6.29 Å².